The maximum atomic E-state index is 14.1. The number of hydrogen-bond donors (Lipinski definition) is 0. The number of allylic oxidation sites excluding steroid dienone is 1. The van der Waals surface area contributed by atoms with Gasteiger partial charge < -0.3 is 10.2 Å². The van der Waals surface area contributed by atoms with Crippen molar-refractivity contribution in [1.82, 2.24) is 0 Å². The van der Waals surface area contributed by atoms with E-state index in [4.69, 9.17) is 4.74 Å². The van der Waals surface area contributed by atoms with Gasteiger partial charge in [-0.05, 0) is 29.3 Å². The van der Waals surface area contributed by atoms with Gasteiger partial charge >= 0.3 is 0 Å². The van der Waals surface area contributed by atoms with Crippen molar-refractivity contribution in [3.63, 3.8) is 0 Å². The zero-order valence-electron chi connectivity index (χ0n) is 12.0. The Morgan fingerprint density at radius 3 is 2.55 bits per heavy atom. The predicted molar refractivity (Wildman–Crippen MR) is 81.9 cm³/mol. The van der Waals surface area contributed by atoms with Crippen molar-refractivity contribution >= 4 is 6.08 Å². The molecule has 0 fully saturated rings. The Morgan fingerprint density at radius 1 is 0.955 bits per heavy atom. The van der Waals surface area contributed by atoms with Crippen LogP contribution in [0.5, 0.6) is 11.5 Å². The molecule has 4 rings (SSSR count). The lowest BCUT2D eigenvalue weighted by Gasteiger charge is -2.30. The summed E-state index contributed by atoms with van der Waals surface area (Å²) >= 11 is 0. The second-order valence-corrected chi connectivity index (χ2v) is 5.55. The van der Waals surface area contributed by atoms with Crippen LogP contribution in [-0.4, -0.2) is 11.6 Å². The number of rotatable bonds is 0. The molecule has 0 aromatic heterocycles. The molecule has 1 aliphatic carbocycles. The van der Waals surface area contributed by atoms with E-state index < -0.39 is 12.3 Å². The van der Waals surface area contributed by atoms with Gasteiger partial charge in [0.15, 0.2) is 12.3 Å². The van der Waals surface area contributed by atoms with E-state index in [2.05, 4.69) is 6.92 Å². The van der Waals surface area contributed by atoms with Crippen LogP contribution in [0.2, 0.25) is 0 Å². The van der Waals surface area contributed by atoms with Crippen LogP contribution in [0.4, 0.5) is 8.78 Å². The third-order valence-electron chi connectivity index (χ3n) is 4.34. The average molecular weight is 302 g/mol. The summed E-state index contributed by atoms with van der Waals surface area (Å²) < 4.78 is 33.6. The first kappa shape index (κ1) is 14.7. The minimum Gasteiger partial charge on any atom is -0.457 e. The number of ether oxygens (including phenoxy) is 1. The van der Waals surface area contributed by atoms with Crippen molar-refractivity contribution in [1.29, 1.82) is 0 Å². The number of hydrogen-bond acceptors (Lipinski definition) is 1. The maximum absolute atomic E-state index is 14.1. The molecule has 22 heavy (non-hydrogen) atoms. The predicted octanol–water partition coefficient (Wildman–Crippen LogP) is 4.49. The third-order valence-corrected chi connectivity index (χ3v) is 4.34. The molecule has 0 saturated heterocycles. The van der Waals surface area contributed by atoms with Crippen molar-refractivity contribution in [3.8, 4) is 11.5 Å². The Kier molecular flexibility index (Phi) is 3.49. The highest BCUT2D eigenvalue weighted by Gasteiger charge is 2.32. The SMILES string of the molecule is CC1c2ccccc2Oc2ccc3c(c21)C=CC(F)C3F.O. The zero-order valence-corrected chi connectivity index (χ0v) is 12.0. The Morgan fingerprint density at radius 2 is 1.73 bits per heavy atom. The van der Waals surface area contributed by atoms with Crippen LogP contribution in [-0.2, 0) is 0 Å². The molecule has 2 aliphatic rings. The lowest BCUT2D eigenvalue weighted by molar-refractivity contribution is 0.206. The van der Waals surface area contributed by atoms with Crippen LogP contribution < -0.4 is 4.74 Å². The van der Waals surface area contributed by atoms with Crippen LogP contribution in [0.15, 0.2) is 42.5 Å². The number of halogens is 2. The first-order chi connectivity index (χ1) is 10.2. The summed E-state index contributed by atoms with van der Waals surface area (Å²) in [6, 6.07) is 11.2. The minimum absolute atomic E-state index is 0. The van der Waals surface area contributed by atoms with Gasteiger partial charge in [0.05, 0.1) is 0 Å². The number of fused-ring (bicyclic) bond motifs is 4. The third kappa shape index (κ3) is 1.95. The second kappa shape index (κ2) is 5.21. The van der Waals surface area contributed by atoms with Crippen LogP contribution in [0.25, 0.3) is 6.08 Å². The van der Waals surface area contributed by atoms with E-state index in [-0.39, 0.29) is 11.4 Å². The molecule has 1 aliphatic heterocycles. The molecule has 2 aromatic carbocycles. The van der Waals surface area contributed by atoms with E-state index in [0.717, 1.165) is 28.2 Å². The molecule has 0 amide bonds. The summed E-state index contributed by atoms with van der Waals surface area (Å²) in [4.78, 5) is 0. The molecule has 3 atom stereocenters. The maximum Gasteiger partial charge on any atom is 0.160 e. The first-order valence-electron chi connectivity index (χ1n) is 7.06. The smallest absolute Gasteiger partial charge is 0.160 e. The van der Waals surface area contributed by atoms with Gasteiger partial charge in [0.25, 0.3) is 0 Å². The van der Waals surface area contributed by atoms with Crippen molar-refractivity contribution < 1.29 is 19.0 Å². The van der Waals surface area contributed by atoms with Crippen LogP contribution >= 0.6 is 0 Å². The zero-order chi connectivity index (χ0) is 14.6. The van der Waals surface area contributed by atoms with Gasteiger partial charge in [0, 0.05) is 17.0 Å². The number of alkyl halides is 2. The fraction of sp³-hybridized carbons (Fsp3) is 0.222. The second-order valence-electron chi connectivity index (χ2n) is 5.55. The Labute approximate surface area is 127 Å². The Hall–Kier alpha value is -2.20. The summed E-state index contributed by atoms with van der Waals surface area (Å²) in [6.07, 6.45) is -0.189. The van der Waals surface area contributed by atoms with E-state index in [9.17, 15) is 8.78 Å². The van der Waals surface area contributed by atoms with Gasteiger partial charge in [-0.3, -0.25) is 0 Å². The Balaban J connectivity index is 0.00000144. The van der Waals surface area contributed by atoms with Crippen LogP contribution in [0.1, 0.15) is 41.3 Å². The molecular formula is C18H16F2O2. The lowest BCUT2D eigenvalue weighted by atomic mass is 9.81. The van der Waals surface area contributed by atoms with E-state index in [1.54, 1.807) is 18.2 Å². The van der Waals surface area contributed by atoms with E-state index in [1.807, 2.05) is 24.3 Å². The van der Waals surface area contributed by atoms with Gasteiger partial charge in [-0.2, -0.15) is 0 Å². The van der Waals surface area contributed by atoms with E-state index in [1.165, 1.54) is 6.08 Å². The molecule has 2 aromatic rings. The molecule has 4 heteroatoms. The average Bonchev–Trinajstić information content (AvgIpc) is 2.51. The quantitative estimate of drug-likeness (QED) is 0.706. The van der Waals surface area contributed by atoms with Crippen molar-refractivity contribution in [3.05, 3.63) is 64.7 Å². The molecule has 0 bridgehead atoms. The minimum atomic E-state index is -1.60. The molecule has 0 radical (unpaired) electrons. The monoisotopic (exact) mass is 302 g/mol. The van der Waals surface area contributed by atoms with Crippen LogP contribution in [0.3, 0.4) is 0 Å². The van der Waals surface area contributed by atoms with Crippen LogP contribution in [0, 0.1) is 0 Å². The lowest BCUT2D eigenvalue weighted by Crippen LogP contribution is -2.16. The standard InChI is InChI=1S/C18H14F2O.H2O/c1-10-11-4-2-3-5-15(11)21-16-9-7-13-12(17(10)16)6-8-14(19)18(13)20;/h2-10,14,18H,1H3;1H2. The Bertz CT molecular complexity index is 755. The highest BCUT2D eigenvalue weighted by atomic mass is 19.2. The summed E-state index contributed by atoms with van der Waals surface area (Å²) in [7, 11) is 0. The molecule has 2 N–H and O–H groups in total. The topological polar surface area (TPSA) is 40.7 Å². The van der Waals surface area contributed by atoms with E-state index >= 15 is 0 Å². The molecular weight excluding hydrogens is 286 g/mol. The van der Waals surface area contributed by atoms with Crippen molar-refractivity contribution in [2.24, 2.45) is 0 Å². The molecule has 0 spiro atoms. The molecule has 3 unspecified atom stereocenters. The van der Waals surface area contributed by atoms with Gasteiger partial charge in [-0.25, -0.2) is 8.78 Å². The number of para-hydroxylation sites is 1. The van der Waals surface area contributed by atoms with Gasteiger partial charge in [0.2, 0.25) is 0 Å². The summed E-state index contributed by atoms with van der Waals surface area (Å²) in [5.74, 6) is 1.65. The van der Waals surface area contributed by atoms with Crippen molar-refractivity contribution in [2.75, 3.05) is 0 Å². The van der Waals surface area contributed by atoms with Gasteiger partial charge in [-0.15, -0.1) is 0 Å². The summed E-state index contributed by atoms with van der Waals surface area (Å²) in [5, 5.41) is 0. The van der Waals surface area contributed by atoms with E-state index in [0.29, 0.717) is 5.56 Å². The molecule has 114 valence electrons. The highest BCUT2D eigenvalue weighted by molar-refractivity contribution is 5.69. The molecule has 0 saturated carbocycles. The summed E-state index contributed by atoms with van der Waals surface area (Å²) in [6.45, 7) is 2.07. The highest BCUT2D eigenvalue weighted by Crippen LogP contribution is 2.48. The normalized spacial score (nSPS) is 24.4. The first-order valence-corrected chi connectivity index (χ1v) is 7.06. The largest absolute Gasteiger partial charge is 0.457 e. The van der Waals surface area contributed by atoms with Gasteiger partial charge in [0.1, 0.15) is 11.5 Å². The molecule has 2 nitrogen and oxygen atoms in total. The van der Waals surface area contributed by atoms with Crippen molar-refractivity contribution in [2.45, 2.75) is 25.2 Å². The molecule has 1 heterocycles. The fourth-order valence-electron chi connectivity index (χ4n) is 3.26. The fourth-order valence-corrected chi connectivity index (χ4v) is 3.26. The number of benzene rings is 2. The summed E-state index contributed by atoms with van der Waals surface area (Å²) in [5.41, 5.74) is 3.19. The van der Waals surface area contributed by atoms with Gasteiger partial charge in [-0.1, -0.05) is 37.3 Å².